The Bertz CT molecular complexity index is 889. The summed E-state index contributed by atoms with van der Waals surface area (Å²) in [5, 5.41) is 13.8. The molecule has 28 heavy (non-hydrogen) atoms. The van der Waals surface area contributed by atoms with Gasteiger partial charge in [0.2, 0.25) is 0 Å². The van der Waals surface area contributed by atoms with E-state index >= 15 is 0 Å². The number of nitro groups is 1. The number of hydrogen-bond acceptors (Lipinski definition) is 6. The monoisotopic (exact) mass is 383 g/mol. The van der Waals surface area contributed by atoms with E-state index in [0.717, 1.165) is 30.9 Å². The minimum Gasteiger partial charge on any atom is -0.465 e. The third-order valence-electron chi connectivity index (χ3n) is 4.66. The standard InChI is InChI=1S/C20H21N3O5/c1-28-20(25)15-11-14(12-18(13-15)23(26)27)19(24)21-16-5-7-17(8-6-16)22-9-3-2-4-10-22/h5-8,11-13H,2-4,9-10H2,1H3,(H,21,24). The second-order valence-corrected chi connectivity index (χ2v) is 6.57. The molecule has 1 amide bonds. The summed E-state index contributed by atoms with van der Waals surface area (Å²) >= 11 is 0. The lowest BCUT2D eigenvalue weighted by Gasteiger charge is -2.28. The number of benzene rings is 2. The van der Waals surface area contributed by atoms with Gasteiger partial charge in [0.05, 0.1) is 17.6 Å². The van der Waals surface area contributed by atoms with E-state index in [2.05, 4.69) is 15.0 Å². The third-order valence-corrected chi connectivity index (χ3v) is 4.66. The number of ether oxygens (including phenoxy) is 1. The lowest BCUT2D eigenvalue weighted by molar-refractivity contribution is -0.384. The first-order valence-electron chi connectivity index (χ1n) is 9.02. The Morgan fingerprint density at radius 1 is 1.04 bits per heavy atom. The highest BCUT2D eigenvalue weighted by atomic mass is 16.6. The molecule has 1 saturated heterocycles. The zero-order valence-corrected chi connectivity index (χ0v) is 15.5. The predicted molar refractivity (Wildman–Crippen MR) is 105 cm³/mol. The summed E-state index contributed by atoms with van der Waals surface area (Å²) < 4.78 is 4.60. The van der Waals surface area contributed by atoms with Crippen LogP contribution in [-0.4, -0.2) is 37.0 Å². The maximum Gasteiger partial charge on any atom is 0.338 e. The van der Waals surface area contributed by atoms with Crippen molar-refractivity contribution in [2.24, 2.45) is 0 Å². The number of piperidine rings is 1. The predicted octanol–water partition coefficient (Wildman–Crippen LogP) is 3.62. The number of carbonyl (C=O) groups is 2. The van der Waals surface area contributed by atoms with Crippen molar-refractivity contribution in [3.05, 3.63) is 63.7 Å². The van der Waals surface area contributed by atoms with Crippen LogP contribution in [0, 0.1) is 10.1 Å². The first-order chi connectivity index (χ1) is 13.5. The molecule has 146 valence electrons. The molecule has 0 aromatic heterocycles. The Morgan fingerprint density at radius 3 is 2.29 bits per heavy atom. The van der Waals surface area contributed by atoms with Gasteiger partial charge in [-0.15, -0.1) is 0 Å². The van der Waals surface area contributed by atoms with Crippen LogP contribution in [0.5, 0.6) is 0 Å². The van der Waals surface area contributed by atoms with Crippen LogP contribution in [-0.2, 0) is 4.74 Å². The first kappa shape index (κ1) is 19.3. The number of nitro benzene ring substituents is 1. The van der Waals surface area contributed by atoms with Gasteiger partial charge in [-0.1, -0.05) is 0 Å². The maximum absolute atomic E-state index is 12.5. The third kappa shape index (κ3) is 4.46. The zero-order valence-electron chi connectivity index (χ0n) is 15.5. The number of methoxy groups -OCH3 is 1. The van der Waals surface area contributed by atoms with Gasteiger partial charge in [0, 0.05) is 42.2 Å². The summed E-state index contributed by atoms with van der Waals surface area (Å²) in [6.07, 6.45) is 3.60. The van der Waals surface area contributed by atoms with Crippen LogP contribution in [0.4, 0.5) is 17.1 Å². The molecule has 0 bridgehead atoms. The summed E-state index contributed by atoms with van der Waals surface area (Å²) in [6, 6.07) is 10.9. The molecule has 1 heterocycles. The lowest BCUT2D eigenvalue weighted by atomic mass is 10.1. The van der Waals surface area contributed by atoms with Gasteiger partial charge in [-0.3, -0.25) is 14.9 Å². The molecular formula is C20H21N3O5. The molecule has 0 radical (unpaired) electrons. The highest BCUT2D eigenvalue weighted by molar-refractivity contribution is 6.06. The fraction of sp³-hybridized carbons (Fsp3) is 0.300. The average Bonchev–Trinajstić information content (AvgIpc) is 2.74. The smallest absolute Gasteiger partial charge is 0.338 e. The van der Waals surface area contributed by atoms with Crippen LogP contribution >= 0.6 is 0 Å². The molecule has 0 unspecified atom stereocenters. The maximum atomic E-state index is 12.5. The van der Waals surface area contributed by atoms with E-state index in [-0.39, 0.29) is 16.8 Å². The van der Waals surface area contributed by atoms with Crippen molar-refractivity contribution in [2.45, 2.75) is 19.3 Å². The molecule has 1 N–H and O–H groups in total. The first-order valence-corrected chi connectivity index (χ1v) is 9.02. The largest absolute Gasteiger partial charge is 0.465 e. The quantitative estimate of drug-likeness (QED) is 0.481. The van der Waals surface area contributed by atoms with E-state index in [9.17, 15) is 19.7 Å². The van der Waals surface area contributed by atoms with Crippen molar-refractivity contribution in [2.75, 3.05) is 30.4 Å². The molecule has 1 aliphatic heterocycles. The molecule has 0 atom stereocenters. The number of nitrogens with zero attached hydrogens (tertiary/aromatic N) is 2. The molecule has 0 aliphatic carbocycles. The Labute approximate surface area is 162 Å². The summed E-state index contributed by atoms with van der Waals surface area (Å²) in [5.41, 5.74) is 1.27. The zero-order chi connectivity index (χ0) is 20.1. The van der Waals surface area contributed by atoms with Crippen molar-refractivity contribution in [3.8, 4) is 0 Å². The highest BCUT2D eigenvalue weighted by Gasteiger charge is 2.18. The van der Waals surface area contributed by atoms with Gasteiger partial charge >= 0.3 is 5.97 Å². The molecule has 3 rings (SSSR count). The van der Waals surface area contributed by atoms with E-state index < -0.39 is 16.8 Å². The molecular weight excluding hydrogens is 362 g/mol. The normalized spacial score (nSPS) is 13.7. The lowest BCUT2D eigenvalue weighted by Crippen LogP contribution is -2.29. The van der Waals surface area contributed by atoms with Crippen LogP contribution in [0.1, 0.15) is 40.0 Å². The number of esters is 1. The Morgan fingerprint density at radius 2 is 1.68 bits per heavy atom. The SMILES string of the molecule is COC(=O)c1cc(C(=O)Nc2ccc(N3CCCCC3)cc2)cc([N+](=O)[O-])c1. The van der Waals surface area contributed by atoms with E-state index in [1.807, 2.05) is 12.1 Å². The Hall–Kier alpha value is -3.42. The molecule has 8 heteroatoms. The molecule has 0 saturated carbocycles. The van der Waals surface area contributed by atoms with Crippen molar-refractivity contribution in [3.63, 3.8) is 0 Å². The van der Waals surface area contributed by atoms with Crippen LogP contribution in [0.25, 0.3) is 0 Å². The van der Waals surface area contributed by atoms with Crippen molar-refractivity contribution in [1.82, 2.24) is 0 Å². The van der Waals surface area contributed by atoms with Gasteiger partial charge < -0.3 is 15.0 Å². The summed E-state index contributed by atoms with van der Waals surface area (Å²) in [5.74, 6) is -1.29. The van der Waals surface area contributed by atoms with E-state index in [1.165, 1.54) is 32.4 Å². The number of nitrogens with one attached hydrogen (secondary N) is 1. The number of amides is 1. The molecule has 1 aliphatic rings. The van der Waals surface area contributed by atoms with Crippen LogP contribution < -0.4 is 10.2 Å². The van der Waals surface area contributed by atoms with Gasteiger partial charge in [-0.05, 0) is 49.6 Å². The average molecular weight is 383 g/mol. The van der Waals surface area contributed by atoms with Crippen LogP contribution in [0.15, 0.2) is 42.5 Å². The fourth-order valence-corrected chi connectivity index (χ4v) is 3.19. The summed E-state index contributed by atoms with van der Waals surface area (Å²) in [4.78, 5) is 37.0. The van der Waals surface area contributed by atoms with Crippen molar-refractivity contribution >= 4 is 28.9 Å². The molecule has 0 spiro atoms. The minimum absolute atomic E-state index is 0.00899. The highest BCUT2D eigenvalue weighted by Crippen LogP contribution is 2.23. The van der Waals surface area contributed by atoms with Crippen molar-refractivity contribution < 1.29 is 19.2 Å². The number of anilines is 2. The van der Waals surface area contributed by atoms with Crippen LogP contribution in [0.2, 0.25) is 0 Å². The summed E-state index contributed by atoms with van der Waals surface area (Å²) in [6.45, 7) is 2.05. The molecule has 1 fully saturated rings. The van der Waals surface area contributed by atoms with E-state index in [0.29, 0.717) is 5.69 Å². The van der Waals surface area contributed by atoms with Gasteiger partial charge in [0.1, 0.15) is 0 Å². The molecule has 2 aromatic rings. The summed E-state index contributed by atoms with van der Waals surface area (Å²) in [7, 11) is 1.17. The topological polar surface area (TPSA) is 102 Å². The molecule has 8 nitrogen and oxygen atoms in total. The van der Waals surface area contributed by atoms with Gasteiger partial charge in [-0.2, -0.15) is 0 Å². The van der Waals surface area contributed by atoms with Gasteiger partial charge in [0.25, 0.3) is 11.6 Å². The number of hydrogen-bond donors (Lipinski definition) is 1. The minimum atomic E-state index is -0.747. The Balaban J connectivity index is 1.77. The molecule has 2 aromatic carbocycles. The second-order valence-electron chi connectivity index (χ2n) is 6.57. The van der Waals surface area contributed by atoms with E-state index in [4.69, 9.17) is 0 Å². The van der Waals surface area contributed by atoms with Crippen LogP contribution in [0.3, 0.4) is 0 Å². The second kappa shape index (κ2) is 8.51. The van der Waals surface area contributed by atoms with Crippen molar-refractivity contribution in [1.29, 1.82) is 0 Å². The van der Waals surface area contributed by atoms with Gasteiger partial charge in [-0.25, -0.2) is 4.79 Å². The van der Waals surface area contributed by atoms with Gasteiger partial charge in [0.15, 0.2) is 0 Å². The fourth-order valence-electron chi connectivity index (χ4n) is 3.19. The van der Waals surface area contributed by atoms with E-state index in [1.54, 1.807) is 12.1 Å². The Kier molecular flexibility index (Phi) is 5.88. The number of carbonyl (C=O) groups excluding carboxylic acids is 2. The number of rotatable bonds is 5. The number of non-ortho nitro benzene ring substituents is 1.